The van der Waals surface area contributed by atoms with Gasteiger partial charge in [0.1, 0.15) is 6.33 Å². The van der Waals surface area contributed by atoms with Gasteiger partial charge in [0.2, 0.25) is 5.65 Å². The number of rotatable bonds is 2. The van der Waals surface area contributed by atoms with Crippen LogP contribution in [-0.4, -0.2) is 36.8 Å². The van der Waals surface area contributed by atoms with Crippen LogP contribution in [0, 0.1) is 0 Å². The molecular weight excluding hydrogens is 218 g/mol. The molecule has 6 nitrogen and oxygen atoms in total. The molecule has 1 aliphatic rings. The molecule has 0 radical (unpaired) electrons. The summed E-state index contributed by atoms with van der Waals surface area (Å²) in [6, 6.07) is 0.369. The molecule has 6 heteroatoms. The van der Waals surface area contributed by atoms with Crippen molar-refractivity contribution >= 4 is 11.5 Å². The molecule has 1 aliphatic carbocycles. The summed E-state index contributed by atoms with van der Waals surface area (Å²) in [5, 5.41) is 20.7. The Balaban J connectivity index is 1.78. The summed E-state index contributed by atoms with van der Waals surface area (Å²) >= 11 is 0. The summed E-state index contributed by atoms with van der Waals surface area (Å²) < 4.78 is 1.84. The van der Waals surface area contributed by atoms with E-state index in [0.29, 0.717) is 6.04 Å². The number of aliphatic hydroxyl groups excluding tert-OH is 1. The van der Waals surface area contributed by atoms with Crippen LogP contribution in [0.4, 0.5) is 5.82 Å². The van der Waals surface area contributed by atoms with E-state index in [4.69, 9.17) is 0 Å². The molecule has 1 fully saturated rings. The monoisotopic (exact) mass is 233 g/mol. The third-order valence-corrected chi connectivity index (χ3v) is 3.25. The number of fused-ring (bicyclic) bond motifs is 1. The van der Waals surface area contributed by atoms with Crippen LogP contribution in [0.3, 0.4) is 0 Å². The van der Waals surface area contributed by atoms with Gasteiger partial charge in [0.25, 0.3) is 0 Å². The number of hydrogen-bond acceptors (Lipinski definition) is 5. The molecule has 2 aromatic heterocycles. The minimum atomic E-state index is -0.134. The summed E-state index contributed by atoms with van der Waals surface area (Å²) in [5.74, 6) is 0.770. The lowest BCUT2D eigenvalue weighted by molar-refractivity contribution is 0.126. The molecule has 0 aromatic carbocycles. The number of hydrogen-bond donors (Lipinski definition) is 2. The smallest absolute Gasteiger partial charge is 0.203 e. The molecule has 1 saturated carbocycles. The van der Waals surface area contributed by atoms with Crippen molar-refractivity contribution in [2.45, 2.75) is 37.8 Å². The Morgan fingerprint density at radius 3 is 2.94 bits per heavy atom. The predicted molar refractivity (Wildman–Crippen MR) is 62.7 cm³/mol. The van der Waals surface area contributed by atoms with Crippen molar-refractivity contribution in [2.24, 2.45) is 0 Å². The van der Waals surface area contributed by atoms with Crippen LogP contribution in [0.5, 0.6) is 0 Å². The number of nitrogens with zero attached hydrogens (tertiary/aromatic N) is 4. The predicted octanol–water partition coefficient (Wildman–Crippen LogP) is 0.840. The molecule has 17 heavy (non-hydrogen) atoms. The fourth-order valence-corrected chi connectivity index (χ4v) is 2.27. The van der Waals surface area contributed by atoms with E-state index >= 15 is 0 Å². The van der Waals surface area contributed by atoms with Crippen molar-refractivity contribution in [3.63, 3.8) is 0 Å². The zero-order valence-corrected chi connectivity index (χ0v) is 9.45. The minimum absolute atomic E-state index is 0.134. The molecule has 0 unspecified atom stereocenters. The maximum absolute atomic E-state index is 9.46. The highest BCUT2D eigenvalue weighted by Crippen LogP contribution is 2.22. The van der Waals surface area contributed by atoms with Gasteiger partial charge in [-0.3, -0.25) is 4.40 Å². The van der Waals surface area contributed by atoms with Crippen molar-refractivity contribution in [1.29, 1.82) is 0 Å². The van der Waals surface area contributed by atoms with Gasteiger partial charge in [-0.25, -0.2) is 4.98 Å². The zero-order chi connectivity index (χ0) is 11.7. The van der Waals surface area contributed by atoms with E-state index in [1.54, 1.807) is 12.5 Å². The van der Waals surface area contributed by atoms with Crippen LogP contribution in [-0.2, 0) is 0 Å². The van der Waals surface area contributed by atoms with Gasteiger partial charge < -0.3 is 10.4 Å². The van der Waals surface area contributed by atoms with Crippen LogP contribution >= 0.6 is 0 Å². The highest BCUT2D eigenvalue weighted by atomic mass is 16.3. The standard InChI is InChI=1S/C11H15N5O/c17-9-3-1-8(2-4-9)14-10-11-15-13-7-16(11)6-5-12-10/h5-9,17H,1-4H2,(H,12,14). The molecule has 90 valence electrons. The van der Waals surface area contributed by atoms with Gasteiger partial charge in [-0.2, -0.15) is 0 Å². The first-order valence-corrected chi connectivity index (χ1v) is 5.92. The maximum atomic E-state index is 9.46. The quantitative estimate of drug-likeness (QED) is 0.804. The number of aliphatic hydroxyl groups is 1. The van der Waals surface area contributed by atoms with Gasteiger partial charge in [-0.05, 0) is 25.7 Å². The molecule has 0 bridgehead atoms. The molecule has 2 N–H and O–H groups in total. The molecule has 2 aromatic rings. The zero-order valence-electron chi connectivity index (χ0n) is 9.45. The molecule has 0 atom stereocenters. The van der Waals surface area contributed by atoms with E-state index in [9.17, 15) is 5.11 Å². The van der Waals surface area contributed by atoms with Crippen LogP contribution in [0.1, 0.15) is 25.7 Å². The SMILES string of the molecule is OC1CCC(Nc2nccn3cnnc23)CC1. The van der Waals surface area contributed by atoms with Crippen LogP contribution in [0.25, 0.3) is 5.65 Å². The van der Waals surface area contributed by atoms with Crippen LogP contribution in [0.15, 0.2) is 18.7 Å². The summed E-state index contributed by atoms with van der Waals surface area (Å²) in [6.45, 7) is 0. The minimum Gasteiger partial charge on any atom is -0.393 e. The lowest BCUT2D eigenvalue weighted by atomic mass is 9.93. The number of aromatic nitrogens is 4. The fraction of sp³-hybridized carbons (Fsp3) is 0.545. The topological polar surface area (TPSA) is 75.3 Å². The molecule has 0 saturated heterocycles. The number of anilines is 1. The average molecular weight is 233 g/mol. The van der Waals surface area contributed by atoms with Crippen molar-refractivity contribution < 1.29 is 5.11 Å². The van der Waals surface area contributed by atoms with E-state index < -0.39 is 0 Å². The van der Waals surface area contributed by atoms with Gasteiger partial charge in [0.15, 0.2) is 5.82 Å². The Morgan fingerprint density at radius 2 is 2.12 bits per heavy atom. The molecule has 0 spiro atoms. The summed E-state index contributed by atoms with van der Waals surface area (Å²) in [6.07, 6.45) is 8.73. The Hall–Kier alpha value is -1.69. The van der Waals surface area contributed by atoms with Crippen LogP contribution < -0.4 is 5.32 Å². The molecular formula is C11H15N5O. The Morgan fingerprint density at radius 1 is 1.29 bits per heavy atom. The van der Waals surface area contributed by atoms with Gasteiger partial charge in [-0.1, -0.05) is 0 Å². The second-order valence-corrected chi connectivity index (χ2v) is 4.49. The first-order valence-electron chi connectivity index (χ1n) is 5.92. The molecule has 3 rings (SSSR count). The van der Waals surface area contributed by atoms with Gasteiger partial charge in [0, 0.05) is 18.4 Å². The lowest BCUT2D eigenvalue weighted by Gasteiger charge is -2.26. The van der Waals surface area contributed by atoms with Gasteiger partial charge in [0.05, 0.1) is 6.10 Å². The first kappa shape index (κ1) is 10.5. The van der Waals surface area contributed by atoms with E-state index in [0.717, 1.165) is 37.1 Å². The highest BCUT2D eigenvalue weighted by Gasteiger charge is 2.20. The Kier molecular flexibility index (Phi) is 2.64. The molecule has 2 heterocycles. The summed E-state index contributed by atoms with van der Waals surface area (Å²) in [4.78, 5) is 4.30. The second-order valence-electron chi connectivity index (χ2n) is 4.49. The summed E-state index contributed by atoms with van der Waals surface area (Å²) in [5.41, 5.74) is 0.749. The average Bonchev–Trinajstić information content (AvgIpc) is 2.81. The normalized spacial score (nSPS) is 25.0. The van der Waals surface area contributed by atoms with E-state index in [1.165, 1.54) is 0 Å². The Bertz CT molecular complexity index is 503. The van der Waals surface area contributed by atoms with Gasteiger partial charge >= 0.3 is 0 Å². The van der Waals surface area contributed by atoms with E-state index in [2.05, 4.69) is 20.5 Å². The molecule has 0 amide bonds. The highest BCUT2D eigenvalue weighted by molar-refractivity contribution is 5.61. The fourth-order valence-electron chi connectivity index (χ4n) is 2.27. The largest absolute Gasteiger partial charge is 0.393 e. The number of nitrogens with one attached hydrogen (secondary N) is 1. The third kappa shape index (κ3) is 2.08. The van der Waals surface area contributed by atoms with Crippen molar-refractivity contribution in [1.82, 2.24) is 19.6 Å². The first-order chi connectivity index (χ1) is 8.33. The Labute approximate surface area is 98.7 Å². The lowest BCUT2D eigenvalue weighted by Crippen LogP contribution is -2.28. The van der Waals surface area contributed by atoms with Crippen molar-refractivity contribution in [3.05, 3.63) is 18.7 Å². The third-order valence-electron chi connectivity index (χ3n) is 3.25. The van der Waals surface area contributed by atoms with E-state index in [-0.39, 0.29) is 6.10 Å². The van der Waals surface area contributed by atoms with Crippen molar-refractivity contribution in [2.75, 3.05) is 5.32 Å². The van der Waals surface area contributed by atoms with Gasteiger partial charge in [-0.15, -0.1) is 10.2 Å². The summed E-state index contributed by atoms with van der Waals surface area (Å²) in [7, 11) is 0. The maximum Gasteiger partial charge on any atom is 0.203 e. The van der Waals surface area contributed by atoms with E-state index in [1.807, 2.05) is 10.6 Å². The van der Waals surface area contributed by atoms with Crippen molar-refractivity contribution in [3.8, 4) is 0 Å². The second kappa shape index (κ2) is 4.29. The van der Waals surface area contributed by atoms with Crippen LogP contribution in [0.2, 0.25) is 0 Å². The molecule has 0 aliphatic heterocycles.